The topological polar surface area (TPSA) is 54.9 Å². The summed E-state index contributed by atoms with van der Waals surface area (Å²) >= 11 is 0. The molecule has 0 amide bonds. The summed E-state index contributed by atoms with van der Waals surface area (Å²) < 4.78 is 0.772. The van der Waals surface area contributed by atoms with Crippen molar-refractivity contribution in [3.63, 3.8) is 0 Å². The van der Waals surface area contributed by atoms with Crippen molar-refractivity contribution in [1.29, 1.82) is 0 Å². The van der Waals surface area contributed by atoms with Gasteiger partial charge >= 0.3 is 5.82 Å². The zero-order valence-corrected chi connectivity index (χ0v) is 12.7. The third-order valence-electron chi connectivity index (χ3n) is 3.36. The molecule has 1 heterocycles. The van der Waals surface area contributed by atoms with Crippen LogP contribution in [0.1, 0.15) is 27.0 Å². The Morgan fingerprint density at radius 3 is 2.23 bits per heavy atom. The van der Waals surface area contributed by atoms with Gasteiger partial charge in [-0.1, -0.05) is 7.43 Å². The van der Waals surface area contributed by atoms with Gasteiger partial charge in [0, 0.05) is 24.8 Å². The van der Waals surface area contributed by atoms with E-state index in [1.54, 1.807) is 25.1 Å². The second kappa shape index (κ2) is 8.12. The fourth-order valence-corrected chi connectivity index (χ4v) is 2.09. The van der Waals surface area contributed by atoms with Gasteiger partial charge in [0.15, 0.2) is 0 Å². The van der Waals surface area contributed by atoms with Gasteiger partial charge in [0.25, 0.3) is 0 Å². The summed E-state index contributed by atoms with van der Waals surface area (Å²) in [6.07, 6.45) is 0. The van der Waals surface area contributed by atoms with Gasteiger partial charge in [0.1, 0.15) is 11.4 Å². The summed E-state index contributed by atoms with van der Waals surface area (Å²) in [5.41, 5.74) is 2.49. The van der Waals surface area contributed by atoms with E-state index in [0.717, 1.165) is 29.2 Å². The van der Waals surface area contributed by atoms with Gasteiger partial charge in [-0.3, -0.25) is 0 Å². The predicted molar refractivity (Wildman–Crippen MR) is 91.0 cm³/mol. The number of pyridine rings is 1. The van der Waals surface area contributed by atoms with Gasteiger partial charge in [-0.05, 0) is 62.3 Å². The Morgan fingerprint density at radius 2 is 1.64 bits per heavy atom. The number of azo groups is 1. The van der Waals surface area contributed by atoms with E-state index in [4.69, 9.17) is 0 Å². The highest BCUT2D eigenvalue weighted by Gasteiger charge is 2.06. The Hall–Kier alpha value is -2.43. The van der Waals surface area contributed by atoms with Crippen molar-refractivity contribution in [3.8, 4) is 0 Å². The molecule has 0 aliphatic heterocycles. The summed E-state index contributed by atoms with van der Waals surface area (Å²) in [4.78, 5) is 2.26. The zero-order chi connectivity index (χ0) is 15.2. The van der Waals surface area contributed by atoms with Crippen LogP contribution in [-0.2, 0) is 0 Å². The molecule has 0 spiro atoms. The molecule has 1 aromatic carbocycles. The van der Waals surface area contributed by atoms with E-state index in [-0.39, 0.29) is 7.43 Å². The molecular formula is C17H24N4O. The highest BCUT2D eigenvalue weighted by Crippen LogP contribution is 2.21. The number of hydrogen-bond acceptors (Lipinski definition) is 4. The van der Waals surface area contributed by atoms with Gasteiger partial charge in [0.05, 0.1) is 5.11 Å². The van der Waals surface area contributed by atoms with Gasteiger partial charge in [-0.25, -0.2) is 4.73 Å². The molecule has 0 aliphatic rings. The average molecular weight is 300 g/mol. The van der Waals surface area contributed by atoms with Crippen LogP contribution in [0.5, 0.6) is 0 Å². The van der Waals surface area contributed by atoms with Crippen molar-refractivity contribution in [3.05, 3.63) is 53.4 Å². The molecule has 0 radical (unpaired) electrons. The number of hydrogen-bond donors (Lipinski definition) is 0. The number of aryl methyl sites for hydroxylation is 1. The highest BCUT2D eigenvalue weighted by atomic mass is 16.5. The molecule has 0 saturated heterocycles. The van der Waals surface area contributed by atoms with Gasteiger partial charge in [0.2, 0.25) is 0 Å². The van der Waals surface area contributed by atoms with E-state index in [1.807, 2.05) is 24.3 Å². The van der Waals surface area contributed by atoms with E-state index < -0.39 is 0 Å². The molecule has 22 heavy (non-hydrogen) atoms. The molecule has 0 atom stereocenters. The summed E-state index contributed by atoms with van der Waals surface area (Å²) in [7, 11) is 0. The quantitative estimate of drug-likeness (QED) is 0.463. The van der Waals surface area contributed by atoms with Crippen LogP contribution in [0.15, 0.2) is 52.7 Å². The van der Waals surface area contributed by atoms with Crippen LogP contribution in [0.2, 0.25) is 0 Å². The van der Waals surface area contributed by atoms with Crippen molar-refractivity contribution in [1.82, 2.24) is 0 Å². The average Bonchev–Trinajstić information content (AvgIpc) is 2.51. The van der Waals surface area contributed by atoms with Crippen LogP contribution in [0, 0.1) is 12.1 Å². The van der Waals surface area contributed by atoms with E-state index in [2.05, 4.69) is 29.0 Å². The summed E-state index contributed by atoms with van der Waals surface area (Å²) in [6, 6.07) is 13.0. The highest BCUT2D eigenvalue weighted by molar-refractivity contribution is 5.52. The van der Waals surface area contributed by atoms with E-state index in [0.29, 0.717) is 11.5 Å². The first-order chi connectivity index (χ1) is 10.2. The number of anilines is 1. The zero-order valence-electron chi connectivity index (χ0n) is 12.7. The number of nitrogens with zero attached hydrogens (tertiary/aromatic N) is 4. The fourth-order valence-electron chi connectivity index (χ4n) is 2.09. The molecule has 0 saturated carbocycles. The molecule has 5 nitrogen and oxygen atoms in total. The van der Waals surface area contributed by atoms with Crippen molar-refractivity contribution in [2.45, 2.75) is 28.2 Å². The number of benzene rings is 1. The molecule has 5 heteroatoms. The summed E-state index contributed by atoms with van der Waals surface area (Å²) in [6.45, 7) is 7.93. The Labute approximate surface area is 132 Å². The van der Waals surface area contributed by atoms with E-state index >= 15 is 0 Å². The molecular weight excluding hydrogens is 276 g/mol. The third kappa shape index (κ3) is 4.04. The maximum absolute atomic E-state index is 11.8. The molecule has 118 valence electrons. The maximum Gasteiger partial charge on any atom is 0.353 e. The van der Waals surface area contributed by atoms with Crippen LogP contribution in [0.3, 0.4) is 0 Å². The first-order valence-electron chi connectivity index (χ1n) is 7.11. The summed E-state index contributed by atoms with van der Waals surface area (Å²) in [5.74, 6) is 0.294. The lowest BCUT2D eigenvalue weighted by Gasteiger charge is -2.20. The maximum atomic E-state index is 11.8. The molecule has 0 fully saturated rings. The number of rotatable bonds is 5. The molecule has 2 rings (SSSR count). The second-order valence-corrected chi connectivity index (χ2v) is 4.71. The molecule has 1 aromatic heterocycles. The lowest BCUT2D eigenvalue weighted by Crippen LogP contribution is -2.29. The lowest BCUT2D eigenvalue weighted by atomic mass is 10.2. The normalized spacial score (nSPS) is 10.5. The third-order valence-corrected chi connectivity index (χ3v) is 3.36. The molecule has 0 aliphatic carbocycles. The van der Waals surface area contributed by atoms with Gasteiger partial charge in [-0.2, -0.15) is 0 Å². The SMILES string of the molecule is C.CCN(CC)c1ccc(N=Nc2cccc(C)[n+]2[O-])cc1. The minimum atomic E-state index is 0. The molecule has 0 N–H and O–H groups in total. The Balaban J connectivity index is 0.00000242. The minimum absolute atomic E-state index is 0. The van der Waals surface area contributed by atoms with Crippen LogP contribution in [0.25, 0.3) is 0 Å². The Kier molecular flexibility index (Phi) is 6.50. The van der Waals surface area contributed by atoms with Crippen LogP contribution >= 0.6 is 0 Å². The monoisotopic (exact) mass is 300 g/mol. The first kappa shape index (κ1) is 17.6. The van der Waals surface area contributed by atoms with Crippen LogP contribution < -0.4 is 9.63 Å². The molecule has 2 aromatic rings. The van der Waals surface area contributed by atoms with Crippen LogP contribution in [0.4, 0.5) is 17.2 Å². The molecule has 0 unspecified atom stereocenters. The van der Waals surface area contributed by atoms with Crippen molar-refractivity contribution < 1.29 is 4.73 Å². The largest absolute Gasteiger partial charge is 0.710 e. The lowest BCUT2D eigenvalue weighted by molar-refractivity contribution is -0.598. The first-order valence-corrected chi connectivity index (χ1v) is 7.11. The molecule has 0 bridgehead atoms. The van der Waals surface area contributed by atoms with Crippen molar-refractivity contribution >= 4 is 17.2 Å². The standard InChI is InChI=1S/C16H20N4O.CH4/c1-4-19(5-2)15-11-9-14(10-12-15)17-18-16-8-6-7-13(3)20(16)21;/h6-12H,4-5H2,1-3H3;1H4. The summed E-state index contributed by atoms with van der Waals surface area (Å²) in [5, 5.41) is 19.9. The Morgan fingerprint density at radius 1 is 1.00 bits per heavy atom. The predicted octanol–water partition coefficient (Wildman–Crippen LogP) is 4.53. The van der Waals surface area contributed by atoms with E-state index in [9.17, 15) is 5.21 Å². The van der Waals surface area contributed by atoms with Gasteiger partial charge in [-0.15, -0.1) is 0 Å². The minimum Gasteiger partial charge on any atom is -0.710 e. The second-order valence-electron chi connectivity index (χ2n) is 4.71. The van der Waals surface area contributed by atoms with Crippen LogP contribution in [-0.4, -0.2) is 13.1 Å². The Bertz CT molecular complexity index is 619. The number of aromatic nitrogens is 1. The van der Waals surface area contributed by atoms with E-state index in [1.165, 1.54) is 0 Å². The van der Waals surface area contributed by atoms with Crippen molar-refractivity contribution in [2.24, 2.45) is 10.2 Å². The van der Waals surface area contributed by atoms with Gasteiger partial charge < -0.3 is 10.1 Å². The van der Waals surface area contributed by atoms with Crippen molar-refractivity contribution in [2.75, 3.05) is 18.0 Å². The smallest absolute Gasteiger partial charge is 0.353 e. The fraction of sp³-hybridized carbons (Fsp3) is 0.353.